The van der Waals surface area contributed by atoms with Crippen LogP contribution in [-0.2, 0) is 13.5 Å². The van der Waals surface area contributed by atoms with Crippen molar-refractivity contribution < 1.29 is 4.74 Å². The van der Waals surface area contributed by atoms with Gasteiger partial charge in [0.25, 0.3) is 0 Å². The summed E-state index contributed by atoms with van der Waals surface area (Å²) in [6.45, 7) is 0. The number of benzene rings is 1. The predicted molar refractivity (Wildman–Crippen MR) is 79.4 cm³/mol. The van der Waals surface area contributed by atoms with Gasteiger partial charge in [-0.15, -0.1) is 0 Å². The number of aryl methyl sites for hydroxylation is 1. The molecule has 19 heavy (non-hydrogen) atoms. The van der Waals surface area contributed by atoms with Crippen LogP contribution >= 0.6 is 15.9 Å². The summed E-state index contributed by atoms with van der Waals surface area (Å²) in [7, 11) is 5.58. The van der Waals surface area contributed by atoms with Gasteiger partial charge < -0.3 is 10.1 Å². The molecule has 1 unspecified atom stereocenters. The Morgan fingerprint density at radius 3 is 2.84 bits per heavy atom. The molecule has 1 heterocycles. The van der Waals surface area contributed by atoms with Crippen molar-refractivity contribution in [3.63, 3.8) is 0 Å². The molecular weight excluding hydrogens is 306 g/mol. The topological polar surface area (TPSA) is 39.1 Å². The van der Waals surface area contributed by atoms with Gasteiger partial charge >= 0.3 is 0 Å². The van der Waals surface area contributed by atoms with E-state index in [-0.39, 0.29) is 6.04 Å². The van der Waals surface area contributed by atoms with Crippen LogP contribution in [0.4, 0.5) is 0 Å². The Kier molecular flexibility index (Phi) is 4.61. The molecule has 5 heteroatoms. The van der Waals surface area contributed by atoms with Gasteiger partial charge in [-0.25, -0.2) is 0 Å². The average molecular weight is 324 g/mol. The van der Waals surface area contributed by atoms with Crippen molar-refractivity contribution in [2.75, 3.05) is 14.2 Å². The third-order valence-corrected chi connectivity index (χ3v) is 3.93. The molecule has 1 aromatic carbocycles. The molecule has 1 aromatic heterocycles. The maximum Gasteiger partial charge on any atom is 0.119 e. The smallest absolute Gasteiger partial charge is 0.119 e. The molecule has 2 aromatic rings. The Bertz CT molecular complexity index is 553. The molecule has 1 atom stereocenters. The van der Waals surface area contributed by atoms with Gasteiger partial charge in [-0.3, -0.25) is 4.68 Å². The summed E-state index contributed by atoms with van der Waals surface area (Å²) in [5.74, 6) is 0.874. The first kappa shape index (κ1) is 14.1. The summed E-state index contributed by atoms with van der Waals surface area (Å²) < 4.78 is 8.19. The fourth-order valence-electron chi connectivity index (χ4n) is 2.06. The number of methoxy groups -OCH3 is 1. The van der Waals surface area contributed by atoms with Crippen molar-refractivity contribution in [1.82, 2.24) is 15.1 Å². The molecule has 2 rings (SSSR count). The number of nitrogens with zero attached hydrogens (tertiary/aromatic N) is 2. The van der Waals surface area contributed by atoms with E-state index in [1.54, 1.807) is 7.11 Å². The molecular formula is C14H18BrN3O. The molecule has 0 aliphatic rings. The number of hydrogen-bond donors (Lipinski definition) is 1. The summed E-state index contributed by atoms with van der Waals surface area (Å²) in [6, 6.07) is 6.26. The van der Waals surface area contributed by atoms with Crippen molar-refractivity contribution in [3.8, 4) is 5.75 Å². The third-order valence-electron chi connectivity index (χ3n) is 3.15. The fraction of sp³-hybridized carbons (Fsp3) is 0.357. The number of likely N-dealkylation sites (N-methyl/N-ethyl adjacent to an activating group) is 1. The van der Waals surface area contributed by atoms with E-state index < -0.39 is 0 Å². The molecule has 4 nitrogen and oxygen atoms in total. The van der Waals surface area contributed by atoms with Crippen LogP contribution in [0.3, 0.4) is 0 Å². The van der Waals surface area contributed by atoms with Crippen molar-refractivity contribution >= 4 is 15.9 Å². The van der Waals surface area contributed by atoms with Gasteiger partial charge in [0.05, 0.1) is 13.3 Å². The van der Waals surface area contributed by atoms with E-state index in [0.717, 1.165) is 16.6 Å². The normalized spacial score (nSPS) is 12.4. The first-order valence-corrected chi connectivity index (χ1v) is 6.91. The second-order valence-corrected chi connectivity index (χ2v) is 5.30. The van der Waals surface area contributed by atoms with E-state index >= 15 is 0 Å². The predicted octanol–water partition coefficient (Wildman–Crippen LogP) is 2.69. The number of halogens is 1. The minimum Gasteiger partial charge on any atom is -0.497 e. The zero-order valence-corrected chi connectivity index (χ0v) is 12.9. The molecule has 0 bridgehead atoms. The monoisotopic (exact) mass is 323 g/mol. The van der Waals surface area contributed by atoms with Crippen molar-refractivity contribution in [1.29, 1.82) is 0 Å². The minimum absolute atomic E-state index is 0.233. The molecule has 1 N–H and O–H groups in total. The number of nitrogens with one attached hydrogen (secondary N) is 1. The van der Waals surface area contributed by atoms with Crippen LogP contribution in [0.5, 0.6) is 5.75 Å². The lowest BCUT2D eigenvalue weighted by molar-refractivity contribution is 0.414. The molecule has 0 fully saturated rings. The number of rotatable bonds is 5. The van der Waals surface area contributed by atoms with Crippen LogP contribution in [0.25, 0.3) is 0 Å². The number of ether oxygens (including phenoxy) is 1. The average Bonchev–Trinajstić information content (AvgIpc) is 2.84. The minimum atomic E-state index is 0.233. The summed E-state index contributed by atoms with van der Waals surface area (Å²) in [4.78, 5) is 0. The van der Waals surface area contributed by atoms with Crippen molar-refractivity contribution in [2.45, 2.75) is 12.5 Å². The molecule has 0 aliphatic heterocycles. The largest absolute Gasteiger partial charge is 0.497 e. The van der Waals surface area contributed by atoms with Gasteiger partial charge in [0.1, 0.15) is 5.75 Å². The zero-order valence-electron chi connectivity index (χ0n) is 11.4. The lowest BCUT2D eigenvalue weighted by Crippen LogP contribution is -2.18. The quantitative estimate of drug-likeness (QED) is 0.919. The van der Waals surface area contributed by atoms with Crippen molar-refractivity contribution in [3.05, 3.63) is 46.2 Å². The SMILES string of the molecule is CNC(Cc1cc(OC)ccc1Br)c1cnn(C)c1. The molecule has 0 radical (unpaired) electrons. The standard InChI is InChI=1S/C14H18BrN3O/c1-16-14(11-8-17-18(2)9-11)7-10-6-12(19-3)4-5-13(10)15/h4-6,8-9,14,16H,7H2,1-3H3. The maximum atomic E-state index is 5.28. The Morgan fingerprint density at radius 1 is 1.47 bits per heavy atom. The van der Waals surface area contributed by atoms with Gasteiger partial charge in [0.2, 0.25) is 0 Å². The molecule has 102 valence electrons. The first-order chi connectivity index (χ1) is 9.13. The van der Waals surface area contributed by atoms with E-state index in [9.17, 15) is 0 Å². The highest BCUT2D eigenvalue weighted by Gasteiger charge is 2.14. The Morgan fingerprint density at radius 2 is 2.26 bits per heavy atom. The van der Waals surface area contributed by atoms with Crippen LogP contribution in [0, 0.1) is 0 Å². The Hall–Kier alpha value is -1.33. The fourth-order valence-corrected chi connectivity index (χ4v) is 2.47. The van der Waals surface area contributed by atoms with E-state index in [0.29, 0.717) is 0 Å². The van der Waals surface area contributed by atoms with Gasteiger partial charge in [-0.05, 0) is 37.2 Å². The number of hydrogen-bond acceptors (Lipinski definition) is 3. The molecule has 0 aliphatic carbocycles. The summed E-state index contributed by atoms with van der Waals surface area (Å²) in [5.41, 5.74) is 2.39. The highest BCUT2D eigenvalue weighted by Crippen LogP contribution is 2.27. The van der Waals surface area contributed by atoms with Crippen LogP contribution in [-0.4, -0.2) is 23.9 Å². The second kappa shape index (κ2) is 6.21. The third kappa shape index (κ3) is 3.36. The molecule has 0 saturated heterocycles. The van der Waals surface area contributed by atoms with E-state index in [1.807, 2.05) is 43.3 Å². The number of aromatic nitrogens is 2. The highest BCUT2D eigenvalue weighted by atomic mass is 79.9. The van der Waals surface area contributed by atoms with Crippen LogP contribution in [0.15, 0.2) is 35.1 Å². The maximum absolute atomic E-state index is 5.28. The van der Waals surface area contributed by atoms with Crippen LogP contribution < -0.4 is 10.1 Å². The van der Waals surface area contributed by atoms with Gasteiger partial charge in [0.15, 0.2) is 0 Å². The summed E-state index contributed by atoms with van der Waals surface area (Å²) in [5, 5.41) is 7.55. The van der Waals surface area contributed by atoms with E-state index in [2.05, 4.69) is 32.4 Å². The summed E-state index contributed by atoms with van der Waals surface area (Å²) in [6.07, 6.45) is 4.81. The molecule has 0 spiro atoms. The summed E-state index contributed by atoms with van der Waals surface area (Å²) >= 11 is 3.59. The van der Waals surface area contributed by atoms with Crippen LogP contribution in [0.1, 0.15) is 17.2 Å². The van der Waals surface area contributed by atoms with Crippen LogP contribution in [0.2, 0.25) is 0 Å². The second-order valence-electron chi connectivity index (χ2n) is 4.45. The van der Waals surface area contributed by atoms with Gasteiger partial charge in [0, 0.05) is 29.3 Å². The Labute approximate surface area is 121 Å². The first-order valence-electron chi connectivity index (χ1n) is 6.12. The lowest BCUT2D eigenvalue weighted by Gasteiger charge is -2.16. The van der Waals surface area contributed by atoms with Gasteiger partial charge in [-0.2, -0.15) is 5.10 Å². The van der Waals surface area contributed by atoms with E-state index in [1.165, 1.54) is 11.1 Å². The Balaban J connectivity index is 2.23. The lowest BCUT2D eigenvalue weighted by atomic mass is 10.0. The van der Waals surface area contributed by atoms with E-state index in [4.69, 9.17) is 4.74 Å². The molecule has 0 saturated carbocycles. The van der Waals surface area contributed by atoms with Crippen molar-refractivity contribution in [2.24, 2.45) is 7.05 Å². The molecule has 0 amide bonds. The zero-order chi connectivity index (χ0) is 13.8. The van der Waals surface area contributed by atoms with Gasteiger partial charge in [-0.1, -0.05) is 15.9 Å². The highest BCUT2D eigenvalue weighted by molar-refractivity contribution is 9.10.